The third-order valence-corrected chi connectivity index (χ3v) is 4.27. The molecule has 0 aliphatic heterocycles. The zero-order valence-corrected chi connectivity index (χ0v) is 16.5. The number of pyridine rings is 1. The van der Waals surface area contributed by atoms with Crippen LogP contribution in [0.2, 0.25) is 0 Å². The smallest absolute Gasteiger partial charge is 0.341 e. The van der Waals surface area contributed by atoms with Crippen molar-refractivity contribution in [2.75, 3.05) is 30.6 Å². The van der Waals surface area contributed by atoms with Gasteiger partial charge in [-0.1, -0.05) is 24.3 Å². The Kier molecular flexibility index (Phi) is 6.00. The lowest BCUT2D eigenvalue weighted by Gasteiger charge is -2.15. The molecule has 0 spiro atoms. The summed E-state index contributed by atoms with van der Waals surface area (Å²) in [5.41, 5.74) is 4.47. The van der Waals surface area contributed by atoms with E-state index in [0.29, 0.717) is 22.9 Å². The Hall–Kier alpha value is -4.61. The Morgan fingerprint density at radius 1 is 0.806 bits per heavy atom. The molecular formula is C19H18N6O6. The third-order valence-electron chi connectivity index (χ3n) is 4.27. The predicted octanol–water partition coefficient (Wildman–Crippen LogP) is 3.98. The van der Waals surface area contributed by atoms with E-state index in [4.69, 9.17) is 15.2 Å². The maximum absolute atomic E-state index is 11.7. The summed E-state index contributed by atoms with van der Waals surface area (Å²) in [6, 6.07) is 13.3. The Morgan fingerprint density at radius 2 is 1.19 bits per heavy atom. The van der Waals surface area contributed by atoms with Crippen molar-refractivity contribution >= 4 is 40.1 Å². The molecule has 0 fully saturated rings. The van der Waals surface area contributed by atoms with Crippen molar-refractivity contribution in [3.63, 3.8) is 0 Å². The summed E-state index contributed by atoms with van der Waals surface area (Å²) in [6.07, 6.45) is 0. The van der Waals surface area contributed by atoms with E-state index in [0.717, 1.165) is 0 Å². The molecule has 12 heteroatoms. The fourth-order valence-electron chi connectivity index (χ4n) is 2.88. The number of rotatable bonds is 8. The van der Waals surface area contributed by atoms with Crippen molar-refractivity contribution in [3.05, 3.63) is 68.8 Å². The molecule has 4 N–H and O–H groups in total. The Labute approximate surface area is 175 Å². The Balaban J connectivity index is 2.20. The predicted molar refractivity (Wildman–Crippen MR) is 115 cm³/mol. The van der Waals surface area contributed by atoms with Crippen LogP contribution in [0, 0.1) is 20.2 Å². The van der Waals surface area contributed by atoms with E-state index in [1.165, 1.54) is 14.2 Å². The van der Waals surface area contributed by atoms with E-state index in [9.17, 15) is 20.2 Å². The summed E-state index contributed by atoms with van der Waals surface area (Å²) in [6.45, 7) is 0. The number of ether oxygens (including phenoxy) is 2. The van der Waals surface area contributed by atoms with Gasteiger partial charge in [-0.05, 0) is 24.3 Å². The van der Waals surface area contributed by atoms with Crippen molar-refractivity contribution in [1.29, 1.82) is 0 Å². The van der Waals surface area contributed by atoms with Crippen LogP contribution in [-0.2, 0) is 0 Å². The van der Waals surface area contributed by atoms with E-state index in [2.05, 4.69) is 15.6 Å². The molecule has 0 aliphatic rings. The topological polar surface area (TPSA) is 168 Å². The second kappa shape index (κ2) is 8.82. The summed E-state index contributed by atoms with van der Waals surface area (Å²) in [5, 5.41) is 28.9. The summed E-state index contributed by atoms with van der Waals surface area (Å²) in [5.74, 6) is 0.175. The highest BCUT2D eigenvalue weighted by Crippen LogP contribution is 2.44. The molecule has 31 heavy (non-hydrogen) atoms. The van der Waals surface area contributed by atoms with Gasteiger partial charge in [0.1, 0.15) is 11.5 Å². The second-order valence-corrected chi connectivity index (χ2v) is 6.08. The van der Waals surface area contributed by atoms with Crippen molar-refractivity contribution in [2.24, 2.45) is 0 Å². The maximum atomic E-state index is 11.7. The third kappa shape index (κ3) is 4.22. The lowest BCUT2D eigenvalue weighted by atomic mass is 10.2. The van der Waals surface area contributed by atoms with Crippen LogP contribution in [0.15, 0.2) is 48.5 Å². The molecule has 0 bridgehead atoms. The van der Waals surface area contributed by atoms with Gasteiger partial charge in [-0.3, -0.25) is 20.2 Å². The first kappa shape index (κ1) is 21.1. The lowest BCUT2D eigenvalue weighted by Crippen LogP contribution is -2.10. The van der Waals surface area contributed by atoms with Crippen molar-refractivity contribution in [3.8, 4) is 11.5 Å². The minimum atomic E-state index is -0.833. The molecule has 0 aliphatic carbocycles. The molecule has 0 amide bonds. The van der Waals surface area contributed by atoms with Crippen LogP contribution in [0.3, 0.4) is 0 Å². The highest BCUT2D eigenvalue weighted by Gasteiger charge is 2.34. The van der Waals surface area contributed by atoms with Crippen LogP contribution >= 0.6 is 0 Å². The highest BCUT2D eigenvalue weighted by atomic mass is 16.6. The number of nitrogens with one attached hydrogen (secondary N) is 2. The standard InChI is InChI=1S/C19H18N6O6/c1-30-13-9-5-3-7-11(13)21-18-16(24(26)27)15(20)17(25(28)29)19(23-18)22-12-8-4-6-10-14(12)31-2/h3-10H,1-2H3,(H4,20,21,22,23). The van der Waals surface area contributed by atoms with Crippen molar-refractivity contribution < 1.29 is 19.3 Å². The quantitative estimate of drug-likeness (QED) is 0.354. The van der Waals surface area contributed by atoms with Gasteiger partial charge in [0.25, 0.3) is 0 Å². The van der Waals surface area contributed by atoms with E-state index in [1.54, 1.807) is 48.5 Å². The van der Waals surface area contributed by atoms with Crippen molar-refractivity contribution in [2.45, 2.75) is 0 Å². The van der Waals surface area contributed by atoms with Gasteiger partial charge in [-0.2, -0.15) is 4.98 Å². The minimum absolute atomic E-state index is 0.296. The molecule has 0 saturated heterocycles. The molecule has 0 atom stereocenters. The van der Waals surface area contributed by atoms with Crippen LogP contribution in [0.4, 0.5) is 40.1 Å². The molecule has 1 heterocycles. The monoisotopic (exact) mass is 426 g/mol. The SMILES string of the molecule is COc1ccccc1Nc1nc(Nc2ccccc2OC)c([N+](=O)[O-])c(N)c1[N+](=O)[O-]. The first-order valence-electron chi connectivity index (χ1n) is 8.79. The number of anilines is 5. The molecule has 0 saturated carbocycles. The molecule has 3 aromatic rings. The summed E-state index contributed by atoms with van der Waals surface area (Å²) >= 11 is 0. The second-order valence-electron chi connectivity index (χ2n) is 6.08. The Bertz CT molecular complexity index is 1070. The number of aromatic nitrogens is 1. The molecule has 3 rings (SSSR count). The average molecular weight is 426 g/mol. The Morgan fingerprint density at radius 3 is 1.55 bits per heavy atom. The number of methoxy groups -OCH3 is 2. The van der Waals surface area contributed by atoms with Gasteiger partial charge in [0.05, 0.1) is 35.4 Å². The number of nitrogen functional groups attached to an aromatic ring is 1. The van der Waals surface area contributed by atoms with Crippen LogP contribution in [-0.4, -0.2) is 29.1 Å². The van der Waals surface area contributed by atoms with Crippen molar-refractivity contribution in [1.82, 2.24) is 4.98 Å². The van der Waals surface area contributed by atoms with Gasteiger partial charge >= 0.3 is 11.4 Å². The first-order chi connectivity index (χ1) is 14.9. The number of hydrogen-bond acceptors (Lipinski definition) is 10. The largest absolute Gasteiger partial charge is 0.495 e. The van der Waals surface area contributed by atoms with Gasteiger partial charge in [0, 0.05) is 0 Å². The number of nitrogens with zero attached hydrogens (tertiary/aromatic N) is 3. The van der Waals surface area contributed by atoms with E-state index >= 15 is 0 Å². The van der Waals surface area contributed by atoms with E-state index in [1.807, 2.05) is 0 Å². The van der Waals surface area contributed by atoms with Gasteiger partial charge in [0.2, 0.25) is 11.6 Å². The zero-order valence-electron chi connectivity index (χ0n) is 16.5. The number of hydrogen-bond donors (Lipinski definition) is 3. The van der Waals surface area contributed by atoms with Gasteiger partial charge in [-0.25, -0.2) is 0 Å². The van der Waals surface area contributed by atoms with Gasteiger partial charge in [0.15, 0.2) is 5.69 Å². The molecule has 0 unspecified atom stereocenters. The molecule has 2 aromatic carbocycles. The fraction of sp³-hybridized carbons (Fsp3) is 0.105. The minimum Gasteiger partial charge on any atom is -0.495 e. The van der Waals surface area contributed by atoms with Gasteiger partial charge < -0.3 is 25.8 Å². The van der Waals surface area contributed by atoms with Crippen LogP contribution in [0.5, 0.6) is 11.5 Å². The number of para-hydroxylation sites is 4. The number of nitrogens with two attached hydrogens (primary N) is 1. The zero-order chi connectivity index (χ0) is 22.5. The maximum Gasteiger partial charge on any atom is 0.341 e. The lowest BCUT2D eigenvalue weighted by molar-refractivity contribution is -0.391. The fourth-order valence-corrected chi connectivity index (χ4v) is 2.88. The van der Waals surface area contributed by atoms with Crippen LogP contribution < -0.4 is 25.8 Å². The summed E-state index contributed by atoms with van der Waals surface area (Å²) < 4.78 is 10.5. The summed E-state index contributed by atoms with van der Waals surface area (Å²) in [4.78, 5) is 25.8. The van der Waals surface area contributed by atoms with Crippen LogP contribution in [0.1, 0.15) is 0 Å². The number of benzene rings is 2. The molecule has 160 valence electrons. The molecule has 0 radical (unpaired) electrons. The highest BCUT2D eigenvalue weighted by molar-refractivity contribution is 5.89. The first-order valence-corrected chi connectivity index (χ1v) is 8.79. The van der Waals surface area contributed by atoms with Crippen LogP contribution in [0.25, 0.3) is 0 Å². The molecule has 12 nitrogen and oxygen atoms in total. The average Bonchev–Trinajstić information content (AvgIpc) is 2.73. The van der Waals surface area contributed by atoms with Gasteiger partial charge in [-0.15, -0.1) is 0 Å². The van der Waals surface area contributed by atoms with E-state index < -0.39 is 26.9 Å². The van der Waals surface area contributed by atoms with E-state index in [-0.39, 0.29) is 11.6 Å². The molecular weight excluding hydrogens is 408 g/mol. The summed E-state index contributed by atoms with van der Waals surface area (Å²) in [7, 11) is 2.86. The molecule has 1 aromatic heterocycles. The number of nitro groups is 2. The normalized spacial score (nSPS) is 10.3.